The summed E-state index contributed by atoms with van der Waals surface area (Å²) in [5.74, 6) is 1.54. The van der Waals surface area contributed by atoms with Crippen molar-refractivity contribution in [2.45, 2.75) is 71.8 Å². The number of nitrogens with zero attached hydrogens (tertiary/aromatic N) is 8. The zero-order valence-corrected chi connectivity index (χ0v) is 27.1. The SMILES string of the molecule is CC(C)c1cc2c(cc1C(C)C)-n1c(nn(CCCN3CCN(C)CC3)c1=O)-c1cccnc1N2C(=O)CN1CCCCC1. The van der Waals surface area contributed by atoms with Crippen molar-refractivity contribution in [3.63, 3.8) is 0 Å². The van der Waals surface area contributed by atoms with E-state index in [4.69, 9.17) is 10.1 Å². The molecule has 0 unspecified atom stereocenters. The van der Waals surface area contributed by atoms with E-state index >= 15 is 0 Å². The number of benzene rings is 1. The molecule has 0 N–H and O–H groups in total. The average molecular weight is 601 g/mol. The molecule has 2 aromatic heterocycles. The molecule has 0 radical (unpaired) electrons. The molecule has 236 valence electrons. The molecule has 2 saturated heterocycles. The van der Waals surface area contributed by atoms with Gasteiger partial charge in [-0.25, -0.2) is 19.0 Å². The van der Waals surface area contributed by atoms with E-state index in [2.05, 4.69) is 61.6 Å². The zero-order chi connectivity index (χ0) is 31.0. The standard InChI is InChI=1S/C34H48N8O2/c1-24(2)27-21-29-30(22-28(27)25(3)4)42-33(36-40(34(42)44)16-10-15-38-19-17-37(5)18-20-38)26-11-9-12-35-32(26)41(29)31(43)23-39-13-7-6-8-14-39/h9,11-12,21-22,24-25H,6-8,10,13-20,23H2,1-5H3. The van der Waals surface area contributed by atoms with Gasteiger partial charge in [0.15, 0.2) is 11.6 Å². The highest BCUT2D eigenvalue weighted by atomic mass is 16.2. The van der Waals surface area contributed by atoms with Crippen LogP contribution in [0.25, 0.3) is 17.1 Å². The molecule has 3 aliphatic heterocycles. The Kier molecular flexibility index (Phi) is 9.03. The van der Waals surface area contributed by atoms with Crippen molar-refractivity contribution >= 4 is 17.4 Å². The largest absolute Gasteiger partial charge is 0.350 e. The fourth-order valence-electron chi connectivity index (χ4n) is 6.92. The summed E-state index contributed by atoms with van der Waals surface area (Å²) in [6.07, 6.45) is 6.00. The van der Waals surface area contributed by atoms with Crippen molar-refractivity contribution in [3.8, 4) is 17.1 Å². The number of likely N-dealkylation sites (N-methyl/N-ethyl adjacent to an activating group) is 1. The van der Waals surface area contributed by atoms with Gasteiger partial charge in [-0.2, -0.15) is 0 Å². The fourth-order valence-corrected chi connectivity index (χ4v) is 6.92. The van der Waals surface area contributed by atoms with Gasteiger partial charge < -0.3 is 9.80 Å². The predicted octanol–water partition coefficient (Wildman–Crippen LogP) is 4.44. The van der Waals surface area contributed by atoms with Gasteiger partial charge in [0.25, 0.3) is 0 Å². The number of carbonyl (C=O) groups excluding carboxylic acids is 1. The Labute approximate surface area is 261 Å². The van der Waals surface area contributed by atoms with Crippen molar-refractivity contribution in [3.05, 3.63) is 52.1 Å². The van der Waals surface area contributed by atoms with Gasteiger partial charge >= 0.3 is 5.69 Å². The minimum Gasteiger partial charge on any atom is -0.304 e. The molecule has 0 saturated carbocycles. The van der Waals surface area contributed by atoms with E-state index in [0.29, 0.717) is 41.7 Å². The van der Waals surface area contributed by atoms with Gasteiger partial charge in [-0.3, -0.25) is 14.6 Å². The number of rotatable bonds is 8. The highest BCUT2D eigenvalue weighted by Crippen LogP contribution is 2.43. The number of amides is 1. The Morgan fingerprint density at radius 1 is 0.864 bits per heavy atom. The zero-order valence-electron chi connectivity index (χ0n) is 27.1. The Bertz CT molecular complexity index is 1540. The first-order valence-electron chi connectivity index (χ1n) is 16.5. The molecule has 1 aromatic carbocycles. The second-order valence-corrected chi connectivity index (χ2v) is 13.4. The summed E-state index contributed by atoms with van der Waals surface area (Å²) in [5.41, 5.74) is 4.30. The third kappa shape index (κ3) is 5.99. The van der Waals surface area contributed by atoms with Crippen molar-refractivity contribution < 1.29 is 4.79 Å². The molecule has 2 fully saturated rings. The van der Waals surface area contributed by atoms with Gasteiger partial charge in [0.2, 0.25) is 5.91 Å². The topological polar surface area (TPSA) is 82.7 Å². The smallest absolute Gasteiger partial charge is 0.304 e. The van der Waals surface area contributed by atoms with Gasteiger partial charge in [0, 0.05) is 45.5 Å². The lowest BCUT2D eigenvalue weighted by molar-refractivity contribution is -0.119. The summed E-state index contributed by atoms with van der Waals surface area (Å²) in [6, 6.07) is 8.06. The molecule has 6 rings (SSSR count). The van der Waals surface area contributed by atoms with Crippen molar-refractivity contribution in [1.82, 2.24) is 34.0 Å². The maximum Gasteiger partial charge on any atom is 0.350 e. The van der Waals surface area contributed by atoms with E-state index < -0.39 is 0 Å². The van der Waals surface area contributed by atoms with Gasteiger partial charge in [-0.05, 0) is 86.6 Å². The number of aromatic nitrogens is 4. The molecule has 1 amide bonds. The summed E-state index contributed by atoms with van der Waals surface area (Å²) >= 11 is 0. The maximum absolute atomic E-state index is 14.3. The van der Waals surface area contributed by atoms with Crippen molar-refractivity contribution in [2.75, 3.05) is 64.3 Å². The number of carbonyl (C=O) groups is 1. The second-order valence-electron chi connectivity index (χ2n) is 13.4. The molecule has 10 nitrogen and oxygen atoms in total. The van der Waals surface area contributed by atoms with Crippen LogP contribution in [-0.4, -0.2) is 99.3 Å². The number of hydrogen-bond acceptors (Lipinski definition) is 7. The molecular weight excluding hydrogens is 552 g/mol. The van der Waals surface area contributed by atoms with Crippen molar-refractivity contribution in [2.24, 2.45) is 0 Å². The molecule has 5 heterocycles. The highest BCUT2D eigenvalue weighted by molar-refractivity contribution is 6.06. The monoisotopic (exact) mass is 600 g/mol. The second kappa shape index (κ2) is 12.9. The van der Waals surface area contributed by atoms with Crippen LogP contribution in [0.3, 0.4) is 0 Å². The van der Waals surface area contributed by atoms with E-state index in [9.17, 15) is 9.59 Å². The van der Waals surface area contributed by atoms with Gasteiger partial charge in [-0.1, -0.05) is 34.1 Å². The Hall–Kier alpha value is -3.34. The first kappa shape index (κ1) is 30.7. The number of anilines is 2. The third-order valence-corrected chi connectivity index (χ3v) is 9.48. The number of piperidine rings is 1. The molecule has 0 bridgehead atoms. The number of likely N-dealkylation sites (tertiary alicyclic amines) is 1. The summed E-state index contributed by atoms with van der Waals surface area (Å²) in [7, 11) is 2.16. The lowest BCUT2D eigenvalue weighted by Gasteiger charge is -2.32. The first-order chi connectivity index (χ1) is 21.2. The molecule has 0 aliphatic carbocycles. The molecule has 0 atom stereocenters. The number of fused-ring (bicyclic) bond motifs is 5. The molecular formula is C34H48N8O2. The van der Waals surface area contributed by atoms with Crippen LogP contribution in [0.15, 0.2) is 35.3 Å². The molecule has 44 heavy (non-hydrogen) atoms. The predicted molar refractivity (Wildman–Crippen MR) is 175 cm³/mol. The Morgan fingerprint density at radius 2 is 1.55 bits per heavy atom. The summed E-state index contributed by atoms with van der Waals surface area (Å²) in [6.45, 7) is 16.6. The summed E-state index contributed by atoms with van der Waals surface area (Å²) in [5, 5.41) is 4.94. The van der Waals surface area contributed by atoms with E-state index in [1.165, 1.54) is 17.5 Å². The molecule has 3 aliphatic rings. The number of piperazine rings is 1. The molecule has 3 aromatic rings. The number of aryl methyl sites for hydroxylation is 1. The summed E-state index contributed by atoms with van der Waals surface area (Å²) < 4.78 is 3.35. The minimum atomic E-state index is -0.174. The number of hydrogen-bond donors (Lipinski definition) is 0. The number of pyridine rings is 1. The maximum atomic E-state index is 14.3. The first-order valence-corrected chi connectivity index (χ1v) is 16.5. The minimum absolute atomic E-state index is 0.0293. The third-order valence-electron chi connectivity index (χ3n) is 9.48. The van der Waals surface area contributed by atoms with E-state index in [1.54, 1.807) is 20.3 Å². The quantitative estimate of drug-likeness (QED) is 0.378. The van der Waals surface area contributed by atoms with Gasteiger partial charge in [0.1, 0.15) is 0 Å². The van der Waals surface area contributed by atoms with Crippen LogP contribution in [0.5, 0.6) is 0 Å². The Balaban J connectivity index is 1.45. The van der Waals surface area contributed by atoms with Gasteiger partial charge in [-0.15, -0.1) is 5.10 Å². The van der Waals surface area contributed by atoms with Crippen LogP contribution in [0, 0.1) is 0 Å². The van der Waals surface area contributed by atoms with Crippen LogP contribution < -0.4 is 10.6 Å². The normalized spacial score (nSPS) is 17.9. The highest BCUT2D eigenvalue weighted by Gasteiger charge is 2.35. The fraction of sp³-hybridized carbons (Fsp3) is 0.588. The lowest BCUT2D eigenvalue weighted by Crippen LogP contribution is -2.44. The lowest BCUT2D eigenvalue weighted by atomic mass is 9.89. The van der Waals surface area contributed by atoms with Crippen molar-refractivity contribution in [1.29, 1.82) is 0 Å². The van der Waals surface area contributed by atoms with Crippen LogP contribution in [0.2, 0.25) is 0 Å². The van der Waals surface area contributed by atoms with Gasteiger partial charge in [0.05, 0.1) is 23.5 Å². The summed E-state index contributed by atoms with van der Waals surface area (Å²) in [4.78, 5) is 42.2. The molecule has 0 spiro atoms. The van der Waals surface area contributed by atoms with Crippen LogP contribution in [0.1, 0.15) is 76.3 Å². The van der Waals surface area contributed by atoms with E-state index in [1.807, 2.05) is 12.1 Å². The van der Waals surface area contributed by atoms with E-state index in [0.717, 1.165) is 65.1 Å². The van der Waals surface area contributed by atoms with Crippen LogP contribution in [-0.2, 0) is 11.3 Å². The molecule has 10 heteroatoms. The van der Waals surface area contributed by atoms with E-state index in [-0.39, 0.29) is 23.4 Å². The van der Waals surface area contributed by atoms with Crippen LogP contribution in [0.4, 0.5) is 11.5 Å². The Morgan fingerprint density at radius 3 is 2.23 bits per heavy atom. The van der Waals surface area contributed by atoms with Crippen LogP contribution >= 0.6 is 0 Å². The average Bonchev–Trinajstić information content (AvgIpc) is 3.27.